The van der Waals surface area contributed by atoms with E-state index in [1.165, 1.54) is 6.42 Å². The lowest BCUT2D eigenvalue weighted by molar-refractivity contribution is 0.00395. The molecule has 23 heavy (non-hydrogen) atoms. The number of aliphatic hydroxyl groups is 1. The lowest BCUT2D eigenvalue weighted by Gasteiger charge is -2.39. The smallest absolute Gasteiger partial charge is 0.191 e. The molecule has 0 spiro atoms. The average molecular weight is 325 g/mol. The molecule has 0 aromatic heterocycles. The first-order valence-electron chi connectivity index (χ1n) is 9.25. The predicted molar refractivity (Wildman–Crippen MR) is 96.7 cm³/mol. The summed E-state index contributed by atoms with van der Waals surface area (Å²) in [5.41, 5.74) is -0.0405. The van der Waals surface area contributed by atoms with E-state index in [4.69, 9.17) is 0 Å². The Bertz CT molecular complexity index is 412. The van der Waals surface area contributed by atoms with Gasteiger partial charge in [0.1, 0.15) is 0 Å². The third-order valence-electron chi connectivity index (χ3n) is 5.86. The van der Waals surface area contributed by atoms with Crippen molar-refractivity contribution in [2.75, 3.05) is 26.7 Å². The molecule has 0 amide bonds. The standard InChI is InChI=1S/C18H36N4O/c1-13(2)22-10-14(3)15(11-22)21-17(19-5)20-12-18(4)9-7-6-8-16(18)23/h13-16,23H,6-12H2,1-5H3,(H2,19,20,21). The van der Waals surface area contributed by atoms with Crippen LogP contribution >= 0.6 is 0 Å². The summed E-state index contributed by atoms with van der Waals surface area (Å²) in [6.07, 6.45) is 4.16. The first-order valence-corrected chi connectivity index (χ1v) is 9.25. The molecule has 0 aromatic carbocycles. The molecule has 134 valence electrons. The number of aliphatic hydroxyl groups excluding tert-OH is 1. The Morgan fingerprint density at radius 2 is 2.09 bits per heavy atom. The molecule has 1 aliphatic carbocycles. The summed E-state index contributed by atoms with van der Waals surface area (Å²) < 4.78 is 0. The van der Waals surface area contributed by atoms with E-state index in [-0.39, 0.29) is 11.5 Å². The molecule has 3 N–H and O–H groups in total. The van der Waals surface area contributed by atoms with Gasteiger partial charge in [-0.05, 0) is 32.6 Å². The van der Waals surface area contributed by atoms with E-state index in [9.17, 15) is 5.11 Å². The summed E-state index contributed by atoms with van der Waals surface area (Å²) in [4.78, 5) is 6.91. The molecule has 4 atom stereocenters. The van der Waals surface area contributed by atoms with Gasteiger partial charge in [0.2, 0.25) is 0 Å². The molecule has 4 unspecified atom stereocenters. The van der Waals surface area contributed by atoms with Gasteiger partial charge in [0.15, 0.2) is 5.96 Å². The molecule has 1 heterocycles. The molecule has 5 nitrogen and oxygen atoms in total. The lowest BCUT2D eigenvalue weighted by atomic mass is 9.73. The minimum absolute atomic E-state index is 0.0405. The maximum atomic E-state index is 10.3. The molecule has 1 saturated carbocycles. The molecule has 5 heteroatoms. The SMILES string of the molecule is CN=C(NCC1(C)CCCCC1O)NC1CN(C(C)C)CC1C. The Labute approximate surface area is 141 Å². The Hall–Kier alpha value is -0.810. The van der Waals surface area contributed by atoms with Gasteiger partial charge < -0.3 is 15.7 Å². The Morgan fingerprint density at radius 1 is 1.35 bits per heavy atom. The Morgan fingerprint density at radius 3 is 2.65 bits per heavy atom. The van der Waals surface area contributed by atoms with E-state index in [1.807, 2.05) is 7.05 Å². The van der Waals surface area contributed by atoms with Crippen LogP contribution in [-0.2, 0) is 0 Å². The number of rotatable bonds is 4. The first-order chi connectivity index (χ1) is 10.9. The highest BCUT2D eigenvalue weighted by Crippen LogP contribution is 2.35. The summed E-state index contributed by atoms with van der Waals surface area (Å²) >= 11 is 0. The Kier molecular flexibility index (Phi) is 6.32. The van der Waals surface area contributed by atoms with E-state index in [2.05, 4.69) is 48.2 Å². The van der Waals surface area contributed by atoms with E-state index >= 15 is 0 Å². The van der Waals surface area contributed by atoms with Crippen LogP contribution in [0.5, 0.6) is 0 Å². The summed E-state index contributed by atoms with van der Waals surface area (Å²) in [7, 11) is 1.83. The summed E-state index contributed by atoms with van der Waals surface area (Å²) in [5.74, 6) is 1.48. The minimum Gasteiger partial charge on any atom is -0.392 e. The van der Waals surface area contributed by atoms with Gasteiger partial charge in [-0.25, -0.2) is 0 Å². The normalized spacial score (nSPS) is 36.5. The fourth-order valence-corrected chi connectivity index (χ4v) is 3.86. The van der Waals surface area contributed by atoms with Crippen LogP contribution in [0.1, 0.15) is 53.4 Å². The molecular formula is C18H36N4O. The maximum absolute atomic E-state index is 10.3. The topological polar surface area (TPSA) is 59.9 Å². The highest BCUT2D eigenvalue weighted by molar-refractivity contribution is 5.80. The van der Waals surface area contributed by atoms with Gasteiger partial charge in [-0.3, -0.25) is 9.89 Å². The second-order valence-corrected chi connectivity index (χ2v) is 8.12. The highest BCUT2D eigenvalue weighted by Gasteiger charge is 2.36. The summed E-state index contributed by atoms with van der Waals surface area (Å²) in [6, 6.07) is 1.03. The number of guanidine groups is 1. The summed E-state index contributed by atoms with van der Waals surface area (Å²) in [6.45, 7) is 12.0. The second-order valence-electron chi connectivity index (χ2n) is 8.12. The van der Waals surface area contributed by atoms with E-state index in [1.54, 1.807) is 0 Å². The second kappa shape index (κ2) is 7.84. The van der Waals surface area contributed by atoms with Crippen LogP contribution in [-0.4, -0.2) is 60.8 Å². The highest BCUT2D eigenvalue weighted by atomic mass is 16.3. The van der Waals surface area contributed by atoms with Crippen LogP contribution in [0.2, 0.25) is 0 Å². The molecular weight excluding hydrogens is 288 g/mol. The number of likely N-dealkylation sites (tertiary alicyclic amines) is 1. The third-order valence-corrected chi connectivity index (χ3v) is 5.86. The number of aliphatic imine (C=N–C) groups is 1. The maximum Gasteiger partial charge on any atom is 0.191 e. The molecule has 2 rings (SSSR count). The van der Waals surface area contributed by atoms with Gasteiger partial charge >= 0.3 is 0 Å². The van der Waals surface area contributed by atoms with Gasteiger partial charge in [-0.15, -0.1) is 0 Å². The predicted octanol–water partition coefficient (Wildman–Crippen LogP) is 1.82. The number of nitrogens with zero attached hydrogens (tertiary/aromatic N) is 2. The summed E-state index contributed by atoms with van der Waals surface area (Å²) in [5, 5.41) is 17.4. The van der Waals surface area contributed by atoms with Crippen molar-refractivity contribution in [1.82, 2.24) is 15.5 Å². The molecule has 1 aliphatic heterocycles. The van der Waals surface area contributed by atoms with Crippen molar-refractivity contribution >= 4 is 5.96 Å². The molecule has 0 radical (unpaired) electrons. The van der Waals surface area contributed by atoms with E-state index in [0.717, 1.165) is 44.9 Å². The number of nitrogens with one attached hydrogen (secondary N) is 2. The largest absolute Gasteiger partial charge is 0.392 e. The third kappa shape index (κ3) is 4.60. The van der Waals surface area contributed by atoms with Crippen LogP contribution in [0.15, 0.2) is 4.99 Å². The van der Waals surface area contributed by atoms with Gasteiger partial charge in [0, 0.05) is 44.2 Å². The lowest BCUT2D eigenvalue weighted by Crippen LogP contribution is -2.51. The zero-order valence-corrected chi connectivity index (χ0v) is 15.6. The van der Waals surface area contributed by atoms with Crippen molar-refractivity contribution in [3.05, 3.63) is 0 Å². The van der Waals surface area contributed by atoms with Crippen molar-refractivity contribution in [2.45, 2.75) is 71.6 Å². The van der Waals surface area contributed by atoms with E-state index in [0.29, 0.717) is 18.0 Å². The van der Waals surface area contributed by atoms with Crippen LogP contribution in [0.4, 0.5) is 0 Å². The average Bonchev–Trinajstić information content (AvgIpc) is 2.88. The minimum atomic E-state index is -0.205. The number of hydrogen-bond donors (Lipinski definition) is 3. The van der Waals surface area contributed by atoms with Gasteiger partial charge in [0.05, 0.1) is 6.10 Å². The van der Waals surface area contributed by atoms with Crippen LogP contribution in [0.25, 0.3) is 0 Å². The van der Waals surface area contributed by atoms with Crippen LogP contribution < -0.4 is 10.6 Å². The van der Waals surface area contributed by atoms with Crippen molar-refractivity contribution in [3.8, 4) is 0 Å². The molecule has 2 fully saturated rings. The molecule has 0 bridgehead atoms. The van der Waals surface area contributed by atoms with Crippen LogP contribution in [0, 0.1) is 11.3 Å². The van der Waals surface area contributed by atoms with Gasteiger partial charge in [0.25, 0.3) is 0 Å². The van der Waals surface area contributed by atoms with E-state index < -0.39 is 0 Å². The first kappa shape index (κ1) is 18.5. The number of hydrogen-bond acceptors (Lipinski definition) is 3. The van der Waals surface area contributed by atoms with Crippen LogP contribution in [0.3, 0.4) is 0 Å². The zero-order valence-electron chi connectivity index (χ0n) is 15.6. The fraction of sp³-hybridized carbons (Fsp3) is 0.944. The molecule has 0 aromatic rings. The van der Waals surface area contributed by atoms with Crippen molar-refractivity contribution in [3.63, 3.8) is 0 Å². The molecule has 1 saturated heterocycles. The van der Waals surface area contributed by atoms with Crippen molar-refractivity contribution in [2.24, 2.45) is 16.3 Å². The van der Waals surface area contributed by atoms with Crippen molar-refractivity contribution in [1.29, 1.82) is 0 Å². The fourth-order valence-electron chi connectivity index (χ4n) is 3.86. The zero-order chi connectivity index (χ0) is 17.0. The monoisotopic (exact) mass is 324 g/mol. The molecule has 2 aliphatic rings. The van der Waals surface area contributed by atoms with Gasteiger partial charge in [-0.2, -0.15) is 0 Å². The van der Waals surface area contributed by atoms with Crippen molar-refractivity contribution < 1.29 is 5.11 Å². The Balaban J connectivity index is 1.86. The van der Waals surface area contributed by atoms with Gasteiger partial charge in [-0.1, -0.05) is 26.7 Å². The quantitative estimate of drug-likeness (QED) is 0.545.